The molecule has 0 fully saturated rings. The van der Waals surface area contributed by atoms with Crippen molar-refractivity contribution in [2.24, 2.45) is 5.41 Å². The van der Waals surface area contributed by atoms with Gasteiger partial charge in [0.25, 0.3) is 0 Å². The van der Waals surface area contributed by atoms with E-state index in [1.807, 2.05) is 48.5 Å². The highest BCUT2D eigenvalue weighted by Gasteiger charge is 2.50. The van der Waals surface area contributed by atoms with E-state index in [-0.39, 0.29) is 12.5 Å². The van der Waals surface area contributed by atoms with Crippen molar-refractivity contribution in [2.45, 2.75) is 32.2 Å². The molecule has 6 nitrogen and oxygen atoms in total. The molecule has 0 unspecified atom stereocenters. The summed E-state index contributed by atoms with van der Waals surface area (Å²) in [5, 5.41) is 21.7. The third-order valence-corrected chi connectivity index (χ3v) is 5.54. The van der Waals surface area contributed by atoms with Crippen LogP contribution in [-0.4, -0.2) is 41.0 Å². The molecular weight excluding hydrogens is 358 g/mol. The van der Waals surface area contributed by atoms with Gasteiger partial charge in [-0.1, -0.05) is 69.3 Å². The minimum absolute atomic E-state index is 0.0745. The van der Waals surface area contributed by atoms with E-state index < -0.39 is 29.6 Å². The van der Waals surface area contributed by atoms with E-state index in [1.165, 1.54) is 0 Å². The summed E-state index contributed by atoms with van der Waals surface area (Å²) in [7, 11) is 0. The smallest absolute Gasteiger partial charge is 0.408 e. The molecule has 6 heteroatoms. The molecule has 2 aromatic carbocycles. The van der Waals surface area contributed by atoms with Crippen LogP contribution in [-0.2, 0) is 9.53 Å². The van der Waals surface area contributed by atoms with Gasteiger partial charge in [0.2, 0.25) is 0 Å². The molecule has 1 aliphatic rings. The number of hydrogen-bond acceptors (Lipinski definition) is 4. The van der Waals surface area contributed by atoms with Gasteiger partial charge in [0, 0.05) is 5.92 Å². The number of ether oxygens (including phenoxy) is 1. The number of alkyl carbamates (subject to hydrolysis) is 1. The molecule has 2 aromatic rings. The topological polar surface area (TPSA) is 95.9 Å². The summed E-state index contributed by atoms with van der Waals surface area (Å²) in [6.45, 7) is 4.25. The fourth-order valence-electron chi connectivity index (χ4n) is 3.71. The Morgan fingerprint density at radius 3 is 1.93 bits per heavy atom. The van der Waals surface area contributed by atoms with Gasteiger partial charge in [-0.2, -0.15) is 0 Å². The molecule has 0 aromatic heterocycles. The number of carboxylic acids is 1. The van der Waals surface area contributed by atoms with Crippen molar-refractivity contribution >= 4 is 12.1 Å². The number of nitrogens with one attached hydrogen (secondary N) is 1. The van der Waals surface area contributed by atoms with Crippen LogP contribution < -0.4 is 5.32 Å². The predicted octanol–water partition coefficient (Wildman–Crippen LogP) is 3.39. The van der Waals surface area contributed by atoms with E-state index >= 15 is 0 Å². The minimum Gasteiger partial charge on any atom is -0.479 e. The lowest BCUT2D eigenvalue weighted by molar-refractivity contribution is -0.152. The quantitative estimate of drug-likeness (QED) is 0.736. The van der Waals surface area contributed by atoms with Gasteiger partial charge in [0.1, 0.15) is 6.61 Å². The van der Waals surface area contributed by atoms with Crippen molar-refractivity contribution in [3.8, 4) is 11.1 Å². The van der Waals surface area contributed by atoms with Gasteiger partial charge < -0.3 is 20.3 Å². The SMILES string of the molecule is CC(C)(C)[C@@](CO)(NC(=O)OCC1c2ccccc2-c2ccccc21)C(=O)O. The Bertz CT molecular complexity index is 856. The average molecular weight is 383 g/mol. The summed E-state index contributed by atoms with van der Waals surface area (Å²) in [6.07, 6.45) is -0.867. The summed E-state index contributed by atoms with van der Waals surface area (Å²) in [5.41, 5.74) is 1.60. The molecule has 1 amide bonds. The highest BCUT2D eigenvalue weighted by Crippen LogP contribution is 2.44. The summed E-state index contributed by atoms with van der Waals surface area (Å²) in [5.74, 6) is -1.43. The zero-order valence-corrected chi connectivity index (χ0v) is 16.2. The molecule has 3 rings (SSSR count). The number of fused-ring (bicyclic) bond motifs is 3. The molecule has 28 heavy (non-hydrogen) atoms. The number of aliphatic hydroxyl groups excluding tert-OH is 1. The lowest BCUT2D eigenvalue weighted by Crippen LogP contribution is -2.65. The lowest BCUT2D eigenvalue weighted by Gasteiger charge is -2.39. The van der Waals surface area contributed by atoms with Gasteiger partial charge in [0.15, 0.2) is 5.54 Å². The van der Waals surface area contributed by atoms with E-state index in [4.69, 9.17) is 4.74 Å². The fraction of sp³-hybridized carbons (Fsp3) is 0.364. The first kappa shape index (κ1) is 19.9. The summed E-state index contributed by atoms with van der Waals surface area (Å²) >= 11 is 0. The van der Waals surface area contributed by atoms with E-state index in [9.17, 15) is 19.8 Å². The third-order valence-electron chi connectivity index (χ3n) is 5.54. The van der Waals surface area contributed by atoms with Crippen molar-refractivity contribution in [1.29, 1.82) is 0 Å². The Morgan fingerprint density at radius 1 is 1.00 bits per heavy atom. The molecule has 0 radical (unpaired) electrons. The largest absolute Gasteiger partial charge is 0.479 e. The standard InChI is InChI=1S/C22H25NO5/c1-21(2,3)22(13-24,19(25)26)23-20(27)28-12-18-16-10-6-4-8-14(16)15-9-5-7-11-17(15)18/h4-11,18,24H,12-13H2,1-3H3,(H,23,27)(H,25,26)/t22-/m0/s1. The molecular formula is C22H25NO5. The van der Waals surface area contributed by atoms with Crippen LogP contribution in [0.4, 0.5) is 4.79 Å². The number of benzene rings is 2. The molecule has 0 bridgehead atoms. The van der Waals surface area contributed by atoms with Crippen LogP contribution in [0.5, 0.6) is 0 Å². The van der Waals surface area contributed by atoms with Crippen LogP contribution in [0.3, 0.4) is 0 Å². The van der Waals surface area contributed by atoms with E-state index in [2.05, 4.69) is 5.32 Å². The first-order chi connectivity index (χ1) is 13.2. The number of aliphatic hydroxyl groups is 1. The average Bonchev–Trinajstić information content (AvgIpc) is 2.97. The Balaban J connectivity index is 1.79. The molecule has 3 N–H and O–H groups in total. The summed E-state index contributed by atoms with van der Waals surface area (Å²) in [4.78, 5) is 24.2. The molecule has 0 saturated heterocycles. The monoisotopic (exact) mass is 383 g/mol. The Morgan fingerprint density at radius 2 is 1.50 bits per heavy atom. The summed E-state index contributed by atoms with van der Waals surface area (Å²) < 4.78 is 5.42. The minimum atomic E-state index is -1.84. The number of carbonyl (C=O) groups is 2. The molecule has 0 aliphatic heterocycles. The van der Waals surface area contributed by atoms with Gasteiger partial charge in [-0.3, -0.25) is 0 Å². The normalized spacial score (nSPS) is 15.3. The van der Waals surface area contributed by atoms with E-state index in [0.717, 1.165) is 22.3 Å². The molecule has 0 spiro atoms. The second-order valence-corrected chi connectivity index (χ2v) is 8.07. The Hall–Kier alpha value is -2.86. The third kappa shape index (κ3) is 3.24. The number of rotatable bonds is 5. The van der Waals surface area contributed by atoms with E-state index in [0.29, 0.717) is 0 Å². The molecule has 1 atom stereocenters. The lowest BCUT2D eigenvalue weighted by atomic mass is 9.74. The van der Waals surface area contributed by atoms with Crippen LogP contribution in [0.1, 0.15) is 37.8 Å². The van der Waals surface area contributed by atoms with Gasteiger partial charge >= 0.3 is 12.1 Å². The summed E-state index contributed by atoms with van der Waals surface area (Å²) in [6, 6.07) is 15.9. The maximum absolute atomic E-state index is 12.4. The highest BCUT2D eigenvalue weighted by atomic mass is 16.5. The number of carbonyl (C=O) groups excluding carboxylic acids is 1. The Kier molecular flexibility index (Phi) is 5.17. The van der Waals surface area contributed by atoms with Gasteiger partial charge in [-0.05, 0) is 27.7 Å². The van der Waals surface area contributed by atoms with Crippen molar-refractivity contribution in [2.75, 3.05) is 13.2 Å². The van der Waals surface area contributed by atoms with E-state index in [1.54, 1.807) is 20.8 Å². The first-order valence-corrected chi connectivity index (χ1v) is 9.18. The van der Waals surface area contributed by atoms with Gasteiger partial charge in [-0.15, -0.1) is 0 Å². The zero-order chi connectivity index (χ0) is 20.5. The second kappa shape index (κ2) is 7.28. The molecule has 0 saturated carbocycles. The number of carboxylic acid groups (broad SMARTS) is 1. The van der Waals surface area contributed by atoms with Crippen LogP contribution in [0.2, 0.25) is 0 Å². The van der Waals surface area contributed by atoms with Crippen molar-refractivity contribution in [1.82, 2.24) is 5.32 Å². The maximum Gasteiger partial charge on any atom is 0.408 e. The first-order valence-electron chi connectivity index (χ1n) is 9.18. The maximum atomic E-state index is 12.4. The van der Waals surface area contributed by atoms with Crippen LogP contribution >= 0.6 is 0 Å². The van der Waals surface area contributed by atoms with Crippen LogP contribution in [0, 0.1) is 5.41 Å². The van der Waals surface area contributed by atoms with Crippen LogP contribution in [0.25, 0.3) is 11.1 Å². The van der Waals surface area contributed by atoms with Gasteiger partial charge in [0.05, 0.1) is 6.61 Å². The van der Waals surface area contributed by atoms with Gasteiger partial charge in [-0.25, -0.2) is 9.59 Å². The number of hydrogen-bond donors (Lipinski definition) is 3. The molecule has 0 heterocycles. The second-order valence-electron chi connectivity index (χ2n) is 8.07. The molecule has 148 valence electrons. The van der Waals surface area contributed by atoms with Crippen molar-refractivity contribution in [3.63, 3.8) is 0 Å². The van der Waals surface area contributed by atoms with Crippen molar-refractivity contribution in [3.05, 3.63) is 59.7 Å². The fourth-order valence-corrected chi connectivity index (χ4v) is 3.71. The van der Waals surface area contributed by atoms with Crippen molar-refractivity contribution < 1.29 is 24.5 Å². The van der Waals surface area contributed by atoms with Crippen LogP contribution in [0.15, 0.2) is 48.5 Å². The Labute approximate surface area is 164 Å². The number of aliphatic carboxylic acids is 1. The highest BCUT2D eigenvalue weighted by molar-refractivity contribution is 5.85. The number of amides is 1. The zero-order valence-electron chi connectivity index (χ0n) is 16.2. The molecule has 1 aliphatic carbocycles. The predicted molar refractivity (Wildman–Crippen MR) is 105 cm³/mol.